The maximum atomic E-state index is 12.2. The standard InChI is InChI=1S/C14H20N2O2S/c1-18-12-10(15)13(11(17)9-5-6-9)19-14(12)16-7-3-2-4-8-16/h9H,2-8,15H2,1H3. The molecule has 1 saturated heterocycles. The quantitative estimate of drug-likeness (QED) is 0.862. The number of thiophene rings is 1. The van der Waals surface area contributed by atoms with Crippen LogP contribution in [0.2, 0.25) is 0 Å². The highest BCUT2D eigenvalue weighted by atomic mass is 32.1. The molecule has 0 atom stereocenters. The van der Waals surface area contributed by atoms with E-state index in [0.717, 1.165) is 30.9 Å². The highest BCUT2D eigenvalue weighted by molar-refractivity contribution is 7.19. The van der Waals surface area contributed by atoms with Crippen molar-refractivity contribution in [3.8, 4) is 5.75 Å². The molecule has 4 nitrogen and oxygen atoms in total. The lowest BCUT2D eigenvalue weighted by Crippen LogP contribution is -2.28. The first-order chi connectivity index (χ1) is 9.22. The van der Waals surface area contributed by atoms with E-state index in [0.29, 0.717) is 16.3 Å². The number of Topliss-reactive ketones (excluding diaryl/α,β-unsaturated/α-hetero) is 1. The number of ketones is 1. The summed E-state index contributed by atoms with van der Waals surface area (Å²) in [6.45, 7) is 2.07. The minimum atomic E-state index is 0.208. The lowest BCUT2D eigenvalue weighted by molar-refractivity contribution is 0.0972. The van der Waals surface area contributed by atoms with Crippen LogP contribution in [0.5, 0.6) is 5.75 Å². The first-order valence-electron chi connectivity index (χ1n) is 6.97. The van der Waals surface area contributed by atoms with Gasteiger partial charge < -0.3 is 15.4 Å². The van der Waals surface area contributed by atoms with Crippen molar-refractivity contribution < 1.29 is 9.53 Å². The Morgan fingerprint density at radius 2 is 2.00 bits per heavy atom. The largest absolute Gasteiger partial charge is 0.492 e. The molecule has 0 amide bonds. The first kappa shape index (κ1) is 12.8. The zero-order valence-electron chi connectivity index (χ0n) is 11.3. The molecule has 1 aliphatic heterocycles. The summed E-state index contributed by atoms with van der Waals surface area (Å²) in [5, 5.41) is 1.05. The van der Waals surface area contributed by atoms with Crippen LogP contribution in [0.1, 0.15) is 41.8 Å². The number of anilines is 2. The molecule has 5 heteroatoms. The van der Waals surface area contributed by atoms with Crippen molar-refractivity contribution in [2.75, 3.05) is 30.8 Å². The van der Waals surface area contributed by atoms with Crippen LogP contribution in [0.25, 0.3) is 0 Å². The van der Waals surface area contributed by atoms with Crippen molar-refractivity contribution >= 4 is 27.8 Å². The van der Waals surface area contributed by atoms with Gasteiger partial charge >= 0.3 is 0 Å². The molecule has 0 bridgehead atoms. The molecular weight excluding hydrogens is 260 g/mol. The molecule has 0 spiro atoms. The summed E-state index contributed by atoms with van der Waals surface area (Å²) in [5.74, 6) is 1.12. The number of carbonyl (C=O) groups excluding carboxylic acids is 1. The molecule has 2 N–H and O–H groups in total. The Labute approximate surface area is 117 Å². The van der Waals surface area contributed by atoms with Gasteiger partial charge in [-0.15, -0.1) is 11.3 Å². The van der Waals surface area contributed by atoms with Gasteiger partial charge in [0, 0.05) is 19.0 Å². The number of rotatable bonds is 4. The van der Waals surface area contributed by atoms with Gasteiger partial charge in [-0.05, 0) is 32.1 Å². The van der Waals surface area contributed by atoms with E-state index in [9.17, 15) is 4.79 Å². The number of carbonyl (C=O) groups is 1. The van der Waals surface area contributed by atoms with Gasteiger partial charge in [-0.2, -0.15) is 0 Å². The van der Waals surface area contributed by atoms with Crippen LogP contribution in [-0.4, -0.2) is 26.0 Å². The zero-order chi connectivity index (χ0) is 13.4. The minimum absolute atomic E-state index is 0.208. The number of piperidine rings is 1. The normalized spacial score (nSPS) is 19.5. The van der Waals surface area contributed by atoms with Crippen molar-refractivity contribution in [3.05, 3.63) is 4.88 Å². The van der Waals surface area contributed by atoms with E-state index in [1.165, 1.54) is 30.6 Å². The fraction of sp³-hybridized carbons (Fsp3) is 0.643. The number of nitrogens with two attached hydrogens (primary N) is 1. The van der Waals surface area contributed by atoms with Crippen molar-refractivity contribution in [1.29, 1.82) is 0 Å². The third-order valence-corrected chi connectivity index (χ3v) is 5.16. The van der Waals surface area contributed by atoms with Crippen molar-refractivity contribution in [1.82, 2.24) is 0 Å². The molecule has 1 saturated carbocycles. The van der Waals surface area contributed by atoms with Gasteiger partial charge in [0.1, 0.15) is 5.00 Å². The number of hydrogen-bond acceptors (Lipinski definition) is 5. The molecule has 1 aromatic heterocycles. The maximum absolute atomic E-state index is 12.2. The lowest BCUT2D eigenvalue weighted by atomic mass is 10.1. The summed E-state index contributed by atoms with van der Waals surface area (Å²) < 4.78 is 5.45. The average Bonchev–Trinajstić information content (AvgIpc) is 3.23. The number of nitrogens with zero attached hydrogens (tertiary/aromatic N) is 1. The van der Waals surface area contributed by atoms with E-state index in [4.69, 9.17) is 10.5 Å². The Hall–Kier alpha value is -1.23. The molecule has 0 aromatic carbocycles. The summed E-state index contributed by atoms with van der Waals surface area (Å²) in [6.07, 6.45) is 5.71. The molecule has 2 aliphatic rings. The maximum Gasteiger partial charge on any atom is 0.178 e. The van der Waals surface area contributed by atoms with Gasteiger partial charge in [-0.1, -0.05) is 0 Å². The Bertz CT molecular complexity index is 488. The number of ether oxygens (including phenoxy) is 1. The van der Waals surface area contributed by atoms with Gasteiger partial charge in [0.05, 0.1) is 17.7 Å². The lowest BCUT2D eigenvalue weighted by Gasteiger charge is -2.27. The topological polar surface area (TPSA) is 55.6 Å². The second kappa shape index (κ2) is 5.04. The summed E-state index contributed by atoms with van der Waals surface area (Å²) in [7, 11) is 1.64. The number of nitrogen functional groups attached to an aromatic ring is 1. The zero-order valence-corrected chi connectivity index (χ0v) is 12.1. The Balaban J connectivity index is 1.93. The molecule has 2 fully saturated rings. The molecular formula is C14H20N2O2S. The van der Waals surface area contributed by atoms with Crippen LogP contribution in [-0.2, 0) is 0 Å². The van der Waals surface area contributed by atoms with Crippen LogP contribution < -0.4 is 15.4 Å². The predicted octanol–water partition coefficient (Wildman–Crippen LogP) is 2.92. The summed E-state index contributed by atoms with van der Waals surface area (Å²) >= 11 is 1.52. The molecule has 0 unspecified atom stereocenters. The highest BCUT2D eigenvalue weighted by Crippen LogP contribution is 2.48. The number of methoxy groups -OCH3 is 1. The highest BCUT2D eigenvalue weighted by Gasteiger charge is 2.35. The van der Waals surface area contributed by atoms with E-state index in [-0.39, 0.29) is 11.7 Å². The fourth-order valence-electron chi connectivity index (χ4n) is 2.63. The second-order valence-electron chi connectivity index (χ2n) is 5.37. The van der Waals surface area contributed by atoms with Crippen molar-refractivity contribution in [3.63, 3.8) is 0 Å². The third-order valence-electron chi connectivity index (χ3n) is 3.90. The Morgan fingerprint density at radius 3 is 2.58 bits per heavy atom. The Kier molecular flexibility index (Phi) is 3.39. The van der Waals surface area contributed by atoms with Crippen LogP contribution >= 0.6 is 11.3 Å². The summed E-state index contributed by atoms with van der Waals surface area (Å²) in [5.41, 5.74) is 6.67. The molecule has 19 heavy (non-hydrogen) atoms. The van der Waals surface area contributed by atoms with Gasteiger partial charge in [-0.25, -0.2) is 0 Å². The number of hydrogen-bond donors (Lipinski definition) is 1. The van der Waals surface area contributed by atoms with Gasteiger partial charge in [0.2, 0.25) is 0 Å². The van der Waals surface area contributed by atoms with Crippen LogP contribution in [0.3, 0.4) is 0 Å². The van der Waals surface area contributed by atoms with Crippen molar-refractivity contribution in [2.45, 2.75) is 32.1 Å². The minimum Gasteiger partial charge on any atom is -0.492 e. The van der Waals surface area contributed by atoms with E-state index >= 15 is 0 Å². The van der Waals surface area contributed by atoms with Gasteiger partial charge in [0.15, 0.2) is 11.5 Å². The molecule has 0 radical (unpaired) electrons. The summed E-state index contributed by atoms with van der Waals surface area (Å²) in [4.78, 5) is 15.3. The average molecular weight is 280 g/mol. The summed E-state index contributed by atoms with van der Waals surface area (Å²) in [6, 6.07) is 0. The molecule has 3 rings (SSSR count). The van der Waals surface area contributed by atoms with Crippen molar-refractivity contribution in [2.24, 2.45) is 5.92 Å². The van der Waals surface area contributed by atoms with E-state index in [1.807, 2.05) is 0 Å². The van der Waals surface area contributed by atoms with Gasteiger partial charge in [-0.3, -0.25) is 4.79 Å². The van der Waals surface area contributed by atoms with Gasteiger partial charge in [0.25, 0.3) is 0 Å². The molecule has 2 heterocycles. The predicted molar refractivity (Wildman–Crippen MR) is 78.4 cm³/mol. The van der Waals surface area contributed by atoms with Crippen LogP contribution in [0, 0.1) is 5.92 Å². The third kappa shape index (κ3) is 2.31. The molecule has 104 valence electrons. The van der Waals surface area contributed by atoms with E-state index < -0.39 is 0 Å². The SMILES string of the molecule is COc1c(N2CCCCC2)sc(C(=O)C2CC2)c1N. The van der Waals surface area contributed by atoms with E-state index in [2.05, 4.69) is 4.90 Å². The van der Waals surface area contributed by atoms with E-state index in [1.54, 1.807) is 7.11 Å². The molecule has 1 aromatic rings. The fourth-order valence-corrected chi connectivity index (χ4v) is 3.89. The monoisotopic (exact) mass is 280 g/mol. The van der Waals surface area contributed by atoms with Crippen LogP contribution in [0.4, 0.5) is 10.7 Å². The second-order valence-corrected chi connectivity index (χ2v) is 6.37. The smallest absolute Gasteiger partial charge is 0.178 e. The first-order valence-corrected chi connectivity index (χ1v) is 7.79. The molecule has 1 aliphatic carbocycles. The van der Waals surface area contributed by atoms with Crippen LogP contribution in [0.15, 0.2) is 0 Å². The Morgan fingerprint density at radius 1 is 1.32 bits per heavy atom.